The van der Waals surface area contributed by atoms with Gasteiger partial charge in [0.25, 0.3) is 0 Å². The highest BCUT2D eigenvalue weighted by molar-refractivity contribution is 6.18. The number of carboxylic acid groups (broad SMARTS) is 1. The number of amides is 2. The van der Waals surface area contributed by atoms with E-state index in [1.807, 2.05) is 0 Å². The fraction of sp³-hybridized carbons (Fsp3) is 0.100. The number of anilines is 1. The van der Waals surface area contributed by atoms with Gasteiger partial charge in [0.1, 0.15) is 0 Å². The van der Waals surface area contributed by atoms with Crippen molar-refractivity contribution in [3.8, 4) is 0 Å². The van der Waals surface area contributed by atoms with Crippen molar-refractivity contribution in [1.82, 2.24) is 0 Å². The number of carboxylic acids is 1. The lowest BCUT2D eigenvalue weighted by molar-refractivity contribution is -0.149. The Morgan fingerprint density at radius 3 is 2.19 bits per heavy atom. The fourth-order valence-electron chi connectivity index (χ4n) is 1.10. The van der Waals surface area contributed by atoms with Crippen molar-refractivity contribution in [2.75, 3.05) is 5.32 Å². The molecule has 6 nitrogen and oxygen atoms in total. The summed E-state index contributed by atoms with van der Waals surface area (Å²) in [6.45, 7) is 0. The zero-order valence-corrected chi connectivity index (χ0v) is 8.21. The maximum absolute atomic E-state index is 11.4. The molecule has 0 bridgehead atoms. The van der Waals surface area contributed by atoms with E-state index < -0.39 is 23.7 Å². The Balaban J connectivity index is 2.78. The van der Waals surface area contributed by atoms with Gasteiger partial charge in [0.2, 0.25) is 17.7 Å². The highest BCUT2D eigenvalue weighted by atomic mass is 16.4. The Kier molecular flexibility index (Phi) is 3.60. The number of rotatable bonds is 4. The average Bonchev–Trinajstić information content (AvgIpc) is 2.17. The van der Waals surface area contributed by atoms with E-state index in [-0.39, 0.29) is 0 Å². The lowest BCUT2D eigenvalue weighted by Crippen LogP contribution is -2.39. The lowest BCUT2D eigenvalue weighted by Gasteiger charge is -2.09. The first-order chi connectivity index (χ1) is 7.52. The van der Waals surface area contributed by atoms with E-state index in [1.165, 1.54) is 0 Å². The van der Waals surface area contributed by atoms with E-state index in [9.17, 15) is 14.4 Å². The topological polar surface area (TPSA) is 109 Å². The second-order valence-electron chi connectivity index (χ2n) is 3.03. The molecule has 0 aliphatic heterocycles. The minimum atomic E-state index is -1.87. The molecule has 0 radical (unpaired) electrons. The van der Waals surface area contributed by atoms with Crippen LogP contribution in [0.3, 0.4) is 0 Å². The lowest BCUT2D eigenvalue weighted by atomic mass is 10.1. The summed E-state index contributed by atoms with van der Waals surface area (Å²) in [5, 5.41) is 10.9. The van der Waals surface area contributed by atoms with Crippen LogP contribution >= 0.6 is 0 Å². The van der Waals surface area contributed by atoms with Crippen LogP contribution in [-0.2, 0) is 14.4 Å². The third kappa shape index (κ3) is 2.81. The molecule has 0 aliphatic carbocycles. The monoisotopic (exact) mass is 222 g/mol. The molecular formula is C10H10N2O4. The second-order valence-corrected chi connectivity index (χ2v) is 3.03. The molecule has 16 heavy (non-hydrogen) atoms. The van der Waals surface area contributed by atoms with Gasteiger partial charge in [-0.05, 0) is 12.1 Å². The number of hydrogen-bond acceptors (Lipinski definition) is 3. The van der Waals surface area contributed by atoms with Gasteiger partial charge in [-0.3, -0.25) is 14.4 Å². The van der Waals surface area contributed by atoms with Gasteiger partial charge in [-0.25, -0.2) is 0 Å². The van der Waals surface area contributed by atoms with E-state index in [2.05, 4.69) is 5.32 Å². The number of para-hydroxylation sites is 1. The summed E-state index contributed by atoms with van der Waals surface area (Å²) in [5.74, 6) is -5.59. The second kappa shape index (κ2) is 4.92. The van der Waals surface area contributed by atoms with Crippen LogP contribution in [0.4, 0.5) is 5.69 Å². The maximum atomic E-state index is 11.4. The third-order valence-corrected chi connectivity index (χ3v) is 1.83. The Hall–Kier alpha value is -2.37. The molecule has 2 amide bonds. The van der Waals surface area contributed by atoms with Gasteiger partial charge >= 0.3 is 5.97 Å². The van der Waals surface area contributed by atoms with Crippen molar-refractivity contribution in [2.45, 2.75) is 0 Å². The molecular weight excluding hydrogens is 212 g/mol. The minimum absolute atomic E-state index is 0.403. The van der Waals surface area contributed by atoms with Gasteiger partial charge in [-0.15, -0.1) is 0 Å². The zero-order chi connectivity index (χ0) is 12.1. The molecule has 1 unspecified atom stereocenters. The van der Waals surface area contributed by atoms with Crippen LogP contribution in [0.5, 0.6) is 0 Å². The summed E-state index contributed by atoms with van der Waals surface area (Å²) in [4.78, 5) is 32.8. The number of benzene rings is 1. The van der Waals surface area contributed by atoms with Gasteiger partial charge in [0, 0.05) is 5.69 Å². The van der Waals surface area contributed by atoms with Crippen molar-refractivity contribution in [1.29, 1.82) is 0 Å². The predicted octanol–water partition coefficient (Wildman–Crippen LogP) is -0.189. The molecule has 0 saturated heterocycles. The first-order valence-electron chi connectivity index (χ1n) is 4.40. The van der Waals surface area contributed by atoms with E-state index in [4.69, 9.17) is 10.8 Å². The zero-order valence-electron chi connectivity index (χ0n) is 8.21. The van der Waals surface area contributed by atoms with Crippen molar-refractivity contribution in [3.63, 3.8) is 0 Å². The number of nitrogens with two attached hydrogens (primary N) is 1. The summed E-state index contributed by atoms with van der Waals surface area (Å²) in [7, 11) is 0. The first kappa shape index (κ1) is 11.7. The molecule has 0 spiro atoms. The fourth-order valence-corrected chi connectivity index (χ4v) is 1.10. The summed E-state index contributed by atoms with van der Waals surface area (Å²) < 4.78 is 0. The smallest absolute Gasteiger partial charge is 0.325 e. The summed E-state index contributed by atoms with van der Waals surface area (Å²) in [6.07, 6.45) is 0. The van der Waals surface area contributed by atoms with Crippen molar-refractivity contribution < 1.29 is 19.5 Å². The highest BCUT2D eigenvalue weighted by Gasteiger charge is 2.31. The Morgan fingerprint density at radius 2 is 1.75 bits per heavy atom. The first-order valence-corrected chi connectivity index (χ1v) is 4.40. The highest BCUT2D eigenvalue weighted by Crippen LogP contribution is 2.07. The molecule has 1 aromatic carbocycles. The molecule has 1 atom stereocenters. The van der Waals surface area contributed by atoms with Crippen LogP contribution in [0.25, 0.3) is 0 Å². The third-order valence-electron chi connectivity index (χ3n) is 1.83. The van der Waals surface area contributed by atoms with Crippen LogP contribution in [0.15, 0.2) is 30.3 Å². The molecule has 4 N–H and O–H groups in total. The van der Waals surface area contributed by atoms with Gasteiger partial charge in [0.15, 0.2) is 0 Å². The van der Waals surface area contributed by atoms with E-state index in [0.29, 0.717) is 5.69 Å². The maximum Gasteiger partial charge on any atom is 0.325 e. The van der Waals surface area contributed by atoms with Gasteiger partial charge in [-0.1, -0.05) is 18.2 Å². The van der Waals surface area contributed by atoms with Crippen LogP contribution in [-0.4, -0.2) is 22.9 Å². The Labute approximate surface area is 91.1 Å². The number of carbonyl (C=O) groups excluding carboxylic acids is 2. The number of carbonyl (C=O) groups is 3. The summed E-state index contributed by atoms with van der Waals surface area (Å²) >= 11 is 0. The molecule has 0 aromatic heterocycles. The van der Waals surface area contributed by atoms with Gasteiger partial charge < -0.3 is 16.2 Å². The standard InChI is InChI=1S/C10H10N2O4/c11-8(13)7(10(15)16)9(14)12-6-4-2-1-3-5-6/h1-5,7H,(H2,11,13)(H,12,14)(H,15,16). The number of hydrogen-bond donors (Lipinski definition) is 3. The molecule has 0 heterocycles. The molecule has 1 rings (SSSR count). The molecule has 0 aliphatic rings. The molecule has 0 fully saturated rings. The number of primary amides is 1. The normalized spacial score (nSPS) is 11.5. The van der Waals surface area contributed by atoms with Crippen LogP contribution in [0.2, 0.25) is 0 Å². The SMILES string of the molecule is NC(=O)C(C(=O)O)C(=O)Nc1ccccc1. The molecule has 6 heteroatoms. The Bertz CT molecular complexity index is 402. The summed E-state index contributed by atoms with van der Waals surface area (Å²) in [6, 6.07) is 8.19. The molecule has 1 aromatic rings. The van der Waals surface area contributed by atoms with Crippen molar-refractivity contribution >= 4 is 23.5 Å². The van der Waals surface area contributed by atoms with E-state index in [0.717, 1.165) is 0 Å². The van der Waals surface area contributed by atoms with Crippen molar-refractivity contribution in [3.05, 3.63) is 30.3 Å². The van der Waals surface area contributed by atoms with Crippen LogP contribution in [0.1, 0.15) is 0 Å². The van der Waals surface area contributed by atoms with Crippen LogP contribution in [0, 0.1) is 5.92 Å². The van der Waals surface area contributed by atoms with Gasteiger partial charge in [0.05, 0.1) is 0 Å². The average molecular weight is 222 g/mol. The number of aliphatic carboxylic acids is 1. The largest absolute Gasteiger partial charge is 0.480 e. The molecule has 0 saturated carbocycles. The number of nitrogens with one attached hydrogen (secondary N) is 1. The quantitative estimate of drug-likeness (QED) is 0.613. The molecule has 84 valence electrons. The minimum Gasteiger partial charge on any atom is -0.480 e. The van der Waals surface area contributed by atoms with Crippen LogP contribution < -0.4 is 11.1 Å². The Morgan fingerprint density at radius 1 is 1.19 bits per heavy atom. The van der Waals surface area contributed by atoms with Gasteiger partial charge in [-0.2, -0.15) is 0 Å². The summed E-state index contributed by atoms with van der Waals surface area (Å²) in [5.41, 5.74) is 5.21. The predicted molar refractivity (Wildman–Crippen MR) is 55.4 cm³/mol. The van der Waals surface area contributed by atoms with E-state index >= 15 is 0 Å². The van der Waals surface area contributed by atoms with Crippen molar-refractivity contribution in [2.24, 2.45) is 11.7 Å². The van der Waals surface area contributed by atoms with E-state index in [1.54, 1.807) is 30.3 Å².